The van der Waals surface area contributed by atoms with Gasteiger partial charge in [0.05, 0.1) is 13.5 Å². The molecule has 0 saturated heterocycles. The van der Waals surface area contributed by atoms with E-state index in [9.17, 15) is 4.79 Å². The Labute approximate surface area is 111 Å². The molecule has 0 atom stereocenters. The largest absolute Gasteiger partial charge is 0.480 e. The summed E-state index contributed by atoms with van der Waals surface area (Å²) >= 11 is 0. The van der Waals surface area contributed by atoms with Crippen molar-refractivity contribution >= 4 is 5.78 Å². The van der Waals surface area contributed by atoms with Crippen LogP contribution < -0.4 is 4.74 Å². The highest BCUT2D eigenvalue weighted by Crippen LogP contribution is 2.08. The van der Waals surface area contributed by atoms with Crippen molar-refractivity contribution in [3.63, 3.8) is 0 Å². The van der Waals surface area contributed by atoms with Crippen LogP contribution >= 0.6 is 0 Å². The van der Waals surface area contributed by atoms with Crippen molar-refractivity contribution in [1.82, 2.24) is 19.7 Å². The Balaban J connectivity index is 2.09. The van der Waals surface area contributed by atoms with Crippen LogP contribution in [0.1, 0.15) is 29.7 Å². The first-order valence-corrected chi connectivity index (χ1v) is 6.15. The van der Waals surface area contributed by atoms with Gasteiger partial charge in [-0.05, 0) is 12.5 Å². The molecule has 0 bridgehead atoms. The molecule has 0 aromatic carbocycles. The molecule has 100 valence electrons. The molecule has 0 radical (unpaired) electrons. The van der Waals surface area contributed by atoms with E-state index in [0.717, 1.165) is 18.8 Å². The summed E-state index contributed by atoms with van der Waals surface area (Å²) in [5, 5.41) is 7.63. The summed E-state index contributed by atoms with van der Waals surface area (Å²) in [6.45, 7) is 2.94. The maximum atomic E-state index is 12.1. The van der Waals surface area contributed by atoms with Gasteiger partial charge in [-0.3, -0.25) is 4.79 Å². The van der Waals surface area contributed by atoms with E-state index in [1.807, 2.05) is 10.8 Å². The van der Waals surface area contributed by atoms with Crippen molar-refractivity contribution in [2.45, 2.75) is 26.3 Å². The smallest absolute Gasteiger partial charge is 0.233 e. The van der Waals surface area contributed by atoms with Gasteiger partial charge in [-0.1, -0.05) is 6.92 Å². The Morgan fingerprint density at radius 3 is 2.84 bits per heavy atom. The van der Waals surface area contributed by atoms with Gasteiger partial charge < -0.3 is 9.30 Å². The van der Waals surface area contributed by atoms with Crippen LogP contribution in [-0.4, -0.2) is 32.6 Å². The fourth-order valence-corrected chi connectivity index (χ4v) is 1.76. The minimum atomic E-state index is -0.0984. The fraction of sp³-hybridized carbons (Fsp3) is 0.385. The molecular formula is C13H16N4O2. The second kappa shape index (κ2) is 6.08. The monoisotopic (exact) mass is 260 g/mol. The zero-order valence-electron chi connectivity index (χ0n) is 11.0. The average Bonchev–Trinajstić information content (AvgIpc) is 2.86. The molecule has 2 aromatic heterocycles. The van der Waals surface area contributed by atoms with E-state index in [-0.39, 0.29) is 12.2 Å². The van der Waals surface area contributed by atoms with E-state index >= 15 is 0 Å². The van der Waals surface area contributed by atoms with Crippen LogP contribution in [0.15, 0.2) is 24.5 Å². The predicted molar refractivity (Wildman–Crippen MR) is 69.1 cm³/mol. The molecular weight excluding hydrogens is 244 g/mol. The number of aromatic nitrogens is 4. The number of aryl methyl sites for hydroxylation is 1. The summed E-state index contributed by atoms with van der Waals surface area (Å²) in [5.41, 5.74) is 0.326. The van der Waals surface area contributed by atoms with Crippen LogP contribution in [0.4, 0.5) is 0 Å². The van der Waals surface area contributed by atoms with Gasteiger partial charge in [0.25, 0.3) is 0 Å². The second-order valence-electron chi connectivity index (χ2n) is 4.10. The molecule has 2 aromatic rings. The lowest BCUT2D eigenvalue weighted by Crippen LogP contribution is -2.12. The van der Waals surface area contributed by atoms with Crippen LogP contribution in [0.25, 0.3) is 0 Å². The quantitative estimate of drug-likeness (QED) is 0.736. The molecule has 19 heavy (non-hydrogen) atoms. The van der Waals surface area contributed by atoms with Crippen molar-refractivity contribution in [3.8, 4) is 5.88 Å². The van der Waals surface area contributed by atoms with Crippen molar-refractivity contribution in [2.24, 2.45) is 0 Å². The van der Waals surface area contributed by atoms with Crippen molar-refractivity contribution in [2.75, 3.05) is 7.11 Å². The number of hydrogen-bond donors (Lipinski definition) is 0. The summed E-state index contributed by atoms with van der Waals surface area (Å²) in [6.07, 6.45) is 4.82. The van der Waals surface area contributed by atoms with E-state index in [2.05, 4.69) is 22.1 Å². The van der Waals surface area contributed by atoms with Gasteiger partial charge in [0.2, 0.25) is 5.88 Å². The maximum absolute atomic E-state index is 12.1. The predicted octanol–water partition coefficient (Wildman–Crippen LogP) is 1.52. The topological polar surface area (TPSA) is 69.9 Å². The molecule has 6 heteroatoms. The molecule has 0 saturated carbocycles. The number of nitrogens with zero attached hydrogens (tertiary/aromatic N) is 4. The van der Waals surface area contributed by atoms with E-state index in [0.29, 0.717) is 11.6 Å². The molecule has 0 aliphatic heterocycles. The number of carbonyl (C=O) groups is 1. The molecule has 6 nitrogen and oxygen atoms in total. The number of methoxy groups -OCH3 is 1. The van der Waals surface area contributed by atoms with Gasteiger partial charge in [0.1, 0.15) is 11.5 Å². The number of imidazole rings is 1. The lowest BCUT2D eigenvalue weighted by Gasteiger charge is -2.05. The Morgan fingerprint density at radius 1 is 1.37 bits per heavy atom. The Hall–Kier alpha value is -2.24. The third-order valence-corrected chi connectivity index (χ3v) is 2.72. The lowest BCUT2D eigenvalue weighted by molar-refractivity contribution is 0.0983. The first-order valence-electron chi connectivity index (χ1n) is 6.15. The van der Waals surface area contributed by atoms with E-state index in [1.54, 1.807) is 18.3 Å². The first-order chi connectivity index (χ1) is 9.24. The first kappa shape index (κ1) is 13.2. The van der Waals surface area contributed by atoms with Gasteiger partial charge in [0.15, 0.2) is 5.78 Å². The summed E-state index contributed by atoms with van der Waals surface area (Å²) in [5.74, 6) is 1.05. The van der Waals surface area contributed by atoms with Gasteiger partial charge in [0, 0.05) is 25.0 Å². The Kier molecular flexibility index (Phi) is 4.22. The Morgan fingerprint density at radius 2 is 2.21 bits per heavy atom. The second-order valence-corrected chi connectivity index (χ2v) is 4.10. The number of carbonyl (C=O) groups excluding carboxylic acids is 1. The number of ketones is 1. The van der Waals surface area contributed by atoms with Crippen LogP contribution in [-0.2, 0) is 13.0 Å². The highest BCUT2D eigenvalue weighted by Gasteiger charge is 2.13. The zero-order chi connectivity index (χ0) is 13.7. The average molecular weight is 260 g/mol. The van der Waals surface area contributed by atoms with Crippen LogP contribution in [0.3, 0.4) is 0 Å². The third kappa shape index (κ3) is 3.15. The van der Waals surface area contributed by atoms with E-state index in [4.69, 9.17) is 4.74 Å². The summed E-state index contributed by atoms with van der Waals surface area (Å²) in [6, 6.07) is 3.24. The highest BCUT2D eigenvalue weighted by molar-refractivity contribution is 5.95. The third-order valence-electron chi connectivity index (χ3n) is 2.72. The molecule has 0 aliphatic rings. The standard InChI is InChI=1S/C13H16N4O2/c1-3-7-17-8-6-14-12(17)9-11(18)10-4-5-13(19-2)16-15-10/h4-6,8H,3,7,9H2,1-2H3. The summed E-state index contributed by atoms with van der Waals surface area (Å²) < 4.78 is 6.89. The molecule has 0 amide bonds. The highest BCUT2D eigenvalue weighted by atomic mass is 16.5. The number of ether oxygens (including phenoxy) is 1. The van der Waals surface area contributed by atoms with Gasteiger partial charge in [-0.2, -0.15) is 0 Å². The number of Topliss-reactive ketones (excluding diaryl/α,β-unsaturated/α-hetero) is 1. The van der Waals surface area contributed by atoms with Crippen molar-refractivity contribution < 1.29 is 9.53 Å². The van der Waals surface area contributed by atoms with E-state index < -0.39 is 0 Å². The zero-order valence-corrected chi connectivity index (χ0v) is 11.0. The van der Waals surface area contributed by atoms with Crippen LogP contribution in [0.5, 0.6) is 5.88 Å². The van der Waals surface area contributed by atoms with Crippen molar-refractivity contribution in [3.05, 3.63) is 36.0 Å². The van der Waals surface area contributed by atoms with Gasteiger partial charge in [-0.15, -0.1) is 10.2 Å². The molecule has 0 aliphatic carbocycles. The van der Waals surface area contributed by atoms with Crippen molar-refractivity contribution in [1.29, 1.82) is 0 Å². The van der Waals surface area contributed by atoms with Gasteiger partial charge in [-0.25, -0.2) is 4.98 Å². The molecule has 2 rings (SSSR count). The molecule has 0 spiro atoms. The fourth-order valence-electron chi connectivity index (χ4n) is 1.76. The Bertz CT molecular complexity index is 548. The lowest BCUT2D eigenvalue weighted by atomic mass is 10.2. The van der Waals surface area contributed by atoms with Crippen LogP contribution in [0.2, 0.25) is 0 Å². The van der Waals surface area contributed by atoms with Gasteiger partial charge >= 0.3 is 0 Å². The molecule has 0 unspecified atom stereocenters. The minimum absolute atomic E-state index is 0.0984. The number of rotatable bonds is 6. The minimum Gasteiger partial charge on any atom is -0.480 e. The normalized spacial score (nSPS) is 10.4. The SMILES string of the molecule is CCCn1ccnc1CC(=O)c1ccc(OC)nn1. The van der Waals surface area contributed by atoms with Crippen LogP contribution in [0, 0.1) is 0 Å². The maximum Gasteiger partial charge on any atom is 0.233 e. The molecule has 0 N–H and O–H groups in total. The number of hydrogen-bond acceptors (Lipinski definition) is 5. The van der Waals surface area contributed by atoms with E-state index in [1.165, 1.54) is 7.11 Å². The summed E-state index contributed by atoms with van der Waals surface area (Å²) in [4.78, 5) is 16.3. The molecule has 0 fully saturated rings. The molecule has 2 heterocycles. The summed E-state index contributed by atoms with van der Waals surface area (Å²) in [7, 11) is 1.51.